The topological polar surface area (TPSA) is 46.6 Å². The molecule has 0 radical (unpaired) electrons. The number of carbonyl (C=O) groups excluding carboxylic acids is 2. The SMILES string of the molecule is CCC(=O)/C=C/CC[C@@H](C(=O)OCc1ccccc1)N(Cc1ccccc1)Cc1ccccc1. The Balaban J connectivity index is 1.81. The van der Waals surface area contributed by atoms with Gasteiger partial charge >= 0.3 is 5.97 Å². The predicted molar refractivity (Wildman–Crippen MR) is 136 cm³/mol. The maximum atomic E-state index is 13.4. The van der Waals surface area contributed by atoms with Crippen LogP contribution in [0.3, 0.4) is 0 Å². The molecule has 0 heterocycles. The van der Waals surface area contributed by atoms with Gasteiger partial charge in [0.15, 0.2) is 5.78 Å². The highest BCUT2D eigenvalue weighted by molar-refractivity contribution is 5.89. The molecule has 4 heteroatoms. The number of ether oxygens (including phenoxy) is 1. The van der Waals surface area contributed by atoms with Crippen molar-refractivity contribution < 1.29 is 14.3 Å². The number of hydrogen-bond acceptors (Lipinski definition) is 4. The average molecular weight is 456 g/mol. The summed E-state index contributed by atoms with van der Waals surface area (Å²) in [5, 5.41) is 0. The van der Waals surface area contributed by atoms with E-state index in [0.29, 0.717) is 32.4 Å². The summed E-state index contributed by atoms with van der Waals surface area (Å²) in [5.41, 5.74) is 3.23. The quantitative estimate of drug-likeness (QED) is 0.230. The fourth-order valence-corrected chi connectivity index (χ4v) is 3.77. The minimum Gasteiger partial charge on any atom is -0.460 e. The third-order valence-corrected chi connectivity index (χ3v) is 5.65. The lowest BCUT2D eigenvalue weighted by molar-refractivity contribution is -0.152. The molecular formula is C30H33NO3. The van der Waals surface area contributed by atoms with E-state index >= 15 is 0 Å². The van der Waals surface area contributed by atoms with Gasteiger partial charge in [-0.2, -0.15) is 0 Å². The largest absolute Gasteiger partial charge is 0.460 e. The number of esters is 1. The molecule has 0 unspecified atom stereocenters. The summed E-state index contributed by atoms with van der Waals surface area (Å²) >= 11 is 0. The molecule has 0 amide bonds. The van der Waals surface area contributed by atoms with Gasteiger partial charge in [-0.15, -0.1) is 0 Å². The number of rotatable bonds is 13. The molecule has 0 saturated carbocycles. The molecule has 1 atom stereocenters. The van der Waals surface area contributed by atoms with E-state index in [2.05, 4.69) is 29.2 Å². The van der Waals surface area contributed by atoms with Crippen molar-refractivity contribution in [1.82, 2.24) is 4.90 Å². The summed E-state index contributed by atoms with van der Waals surface area (Å²) in [4.78, 5) is 27.2. The molecule has 0 saturated heterocycles. The highest BCUT2D eigenvalue weighted by Gasteiger charge is 2.27. The average Bonchev–Trinajstić information content (AvgIpc) is 2.88. The van der Waals surface area contributed by atoms with Gasteiger partial charge in [-0.05, 0) is 35.6 Å². The Hall–Kier alpha value is -3.50. The Bertz CT molecular complexity index is 991. The van der Waals surface area contributed by atoms with Crippen molar-refractivity contribution in [3.05, 3.63) is 120 Å². The van der Waals surface area contributed by atoms with Crippen LogP contribution >= 0.6 is 0 Å². The molecule has 3 rings (SSSR count). The summed E-state index contributed by atoms with van der Waals surface area (Å²) < 4.78 is 5.77. The number of benzene rings is 3. The van der Waals surface area contributed by atoms with Crippen LogP contribution in [0, 0.1) is 0 Å². The van der Waals surface area contributed by atoms with E-state index in [1.54, 1.807) is 6.08 Å². The van der Waals surface area contributed by atoms with Crippen molar-refractivity contribution in [1.29, 1.82) is 0 Å². The minimum atomic E-state index is -0.439. The van der Waals surface area contributed by atoms with E-state index in [9.17, 15) is 9.59 Å². The zero-order valence-electron chi connectivity index (χ0n) is 19.8. The van der Waals surface area contributed by atoms with Crippen LogP contribution in [0.15, 0.2) is 103 Å². The molecule has 0 aliphatic heterocycles. The molecule has 0 bridgehead atoms. The smallest absolute Gasteiger partial charge is 0.323 e. The van der Waals surface area contributed by atoms with Gasteiger partial charge in [0.05, 0.1) is 0 Å². The number of hydrogen-bond donors (Lipinski definition) is 0. The molecule has 0 fully saturated rings. The Labute approximate surface area is 202 Å². The zero-order chi connectivity index (χ0) is 24.0. The second kappa shape index (κ2) is 13.9. The van der Waals surface area contributed by atoms with Gasteiger partial charge in [0.1, 0.15) is 12.6 Å². The number of ketones is 1. The van der Waals surface area contributed by atoms with Crippen LogP contribution in [0.2, 0.25) is 0 Å². The highest BCUT2D eigenvalue weighted by Crippen LogP contribution is 2.19. The summed E-state index contributed by atoms with van der Waals surface area (Å²) in [6.45, 7) is 3.33. The van der Waals surface area contributed by atoms with Crippen LogP contribution in [0.25, 0.3) is 0 Å². The Kier molecular flexibility index (Phi) is 10.3. The maximum absolute atomic E-state index is 13.4. The van der Waals surface area contributed by atoms with E-state index < -0.39 is 6.04 Å². The standard InChI is InChI=1S/C30H33NO3/c1-2-28(32)20-12-13-21-29(30(33)34-24-27-18-10-5-11-19-27)31(22-25-14-6-3-7-15-25)23-26-16-8-4-9-17-26/h3-12,14-20,29H,2,13,21-24H2,1H3/b20-12+/t29-/m0/s1. The third kappa shape index (κ3) is 8.45. The molecule has 0 aliphatic carbocycles. The van der Waals surface area contributed by atoms with Gasteiger partial charge < -0.3 is 4.74 Å². The van der Waals surface area contributed by atoms with Gasteiger partial charge in [-0.3, -0.25) is 14.5 Å². The Morgan fingerprint density at radius 3 is 1.79 bits per heavy atom. The molecular weight excluding hydrogens is 422 g/mol. The Morgan fingerprint density at radius 2 is 1.29 bits per heavy atom. The maximum Gasteiger partial charge on any atom is 0.323 e. The number of carbonyl (C=O) groups is 2. The molecule has 4 nitrogen and oxygen atoms in total. The van der Waals surface area contributed by atoms with Crippen molar-refractivity contribution in [2.75, 3.05) is 0 Å². The second-order valence-electron chi connectivity index (χ2n) is 8.28. The lowest BCUT2D eigenvalue weighted by Gasteiger charge is -2.30. The van der Waals surface area contributed by atoms with E-state index in [4.69, 9.17) is 4.74 Å². The summed E-state index contributed by atoms with van der Waals surface area (Å²) in [7, 11) is 0. The van der Waals surface area contributed by atoms with Crippen LogP contribution < -0.4 is 0 Å². The Morgan fingerprint density at radius 1 is 0.794 bits per heavy atom. The molecule has 176 valence electrons. The van der Waals surface area contributed by atoms with Crippen LogP contribution in [0.4, 0.5) is 0 Å². The first kappa shape index (κ1) is 25.1. The third-order valence-electron chi connectivity index (χ3n) is 5.65. The normalized spacial score (nSPS) is 12.1. The highest BCUT2D eigenvalue weighted by atomic mass is 16.5. The fourth-order valence-electron chi connectivity index (χ4n) is 3.77. The first-order valence-electron chi connectivity index (χ1n) is 11.9. The molecule has 0 N–H and O–H groups in total. The molecule has 3 aromatic carbocycles. The minimum absolute atomic E-state index is 0.0913. The van der Waals surface area contributed by atoms with Crippen molar-refractivity contribution in [3.63, 3.8) is 0 Å². The first-order chi connectivity index (χ1) is 16.7. The predicted octanol–water partition coefficient (Wildman–Crippen LogP) is 6.12. The summed E-state index contributed by atoms with van der Waals surface area (Å²) in [5.74, 6) is -0.153. The zero-order valence-corrected chi connectivity index (χ0v) is 19.8. The van der Waals surface area contributed by atoms with Gasteiger partial charge in [0.25, 0.3) is 0 Å². The molecule has 0 aliphatic rings. The van der Waals surface area contributed by atoms with Crippen LogP contribution in [-0.2, 0) is 34.0 Å². The monoisotopic (exact) mass is 455 g/mol. The van der Waals surface area contributed by atoms with Gasteiger partial charge in [0, 0.05) is 19.5 Å². The van der Waals surface area contributed by atoms with Crippen LogP contribution in [-0.4, -0.2) is 22.7 Å². The van der Waals surface area contributed by atoms with Crippen molar-refractivity contribution in [2.24, 2.45) is 0 Å². The van der Waals surface area contributed by atoms with Gasteiger partial charge in [-0.25, -0.2) is 0 Å². The number of allylic oxidation sites excluding steroid dienone is 2. The van der Waals surface area contributed by atoms with Crippen molar-refractivity contribution >= 4 is 11.8 Å². The van der Waals surface area contributed by atoms with E-state index in [1.165, 1.54) is 0 Å². The molecule has 0 aromatic heterocycles. The van der Waals surface area contributed by atoms with Crippen LogP contribution in [0.1, 0.15) is 42.9 Å². The molecule has 34 heavy (non-hydrogen) atoms. The van der Waals surface area contributed by atoms with E-state index in [1.807, 2.05) is 79.7 Å². The first-order valence-corrected chi connectivity index (χ1v) is 11.9. The second-order valence-corrected chi connectivity index (χ2v) is 8.28. The summed E-state index contributed by atoms with van der Waals surface area (Å²) in [6.07, 6.45) is 5.16. The summed E-state index contributed by atoms with van der Waals surface area (Å²) in [6, 6.07) is 29.6. The lowest BCUT2D eigenvalue weighted by atomic mass is 10.1. The van der Waals surface area contributed by atoms with E-state index in [0.717, 1.165) is 16.7 Å². The van der Waals surface area contributed by atoms with Gasteiger partial charge in [-0.1, -0.05) is 104 Å². The van der Waals surface area contributed by atoms with Crippen molar-refractivity contribution in [3.8, 4) is 0 Å². The van der Waals surface area contributed by atoms with E-state index in [-0.39, 0.29) is 18.4 Å². The van der Waals surface area contributed by atoms with Crippen molar-refractivity contribution in [2.45, 2.75) is 51.9 Å². The van der Waals surface area contributed by atoms with Crippen LogP contribution in [0.5, 0.6) is 0 Å². The number of nitrogens with zero attached hydrogens (tertiary/aromatic N) is 1. The van der Waals surface area contributed by atoms with Gasteiger partial charge in [0.2, 0.25) is 0 Å². The lowest BCUT2D eigenvalue weighted by Crippen LogP contribution is -2.41. The fraction of sp³-hybridized carbons (Fsp3) is 0.267. The molecule has 0 spiro atoms. The molecule has 3 aromatic rings.